The summed E-state index contributed by atoms with van der Waals surface area (Å²) in [6.07, 6.45) is -0.0126. The van der Waals surface area contributed by atoms with E-state index in [4.69, 9.17) is 14.3 Å². The highest BCUT2D eigenvalue weighted by Gasteiger charge is 2.59. The van der Waals surface area contributed by atoms with Gasteiger partial charge >= 0.3 is 0 Å². The minimum atomic E-state index is -0.891. The number of nitrogens with zero attached hydrogens (tertiary/aromatic N) is 2. The van der Waals surface area contributed by atoms with Crippen molar-refractivity contribution in [2.75, 3.05) is 18.3 Å². The lowest BCUT2D eigenvalue weighted by atomic mass is 9.90. The number of hydroxylamine groups is 1. The van der Waals surface area contributed by atoms with E-state index in [9.17, 15) is 9.59 Å². The molecule has 36 heavy (non-hydrogen) atoms. The van der Waals surface area contributed by atoms with E-state index in [2.05, 4.69) is 0 Å². The van der Waals surface area contributed by atoms with Gasteiger partial charge in [-0.1, -0.05) is 61.5 Å². The predicted octanol–water partition coefficient (Wildman–Crippen LogP) is 4.92. The number of ether oxygens (including phenoxy) is 2. The van der Waals surface area contributed by atoms with Crippen LogP contribution in [0.3, 0.4) is 0 Å². The summed E-state index contributed by atoms with van der Waals surface area (Å²) in [5.41, 5.74) is 2.49. The van der Waals surface area contributed by atoms with Crippen molar-refractivity contribution in [2.45, 2.75) is 39.0 Å². The number of hydrogen-bond donors (Lipinski definition) is 0. The van der Waals surface area contributed by atoms with Crippen LogP contribution in [0.5, 0.6) is 11.5 Å². The molecular weight excluding hydrogens is 456 g/mol. The molecule has 0 unspecified atom stereocenters. The Hall–Kier alpha value is -3.84. The molecule has 2 saturated heterocycles. The van der Waals surface area contributed by atoms with E-state index in [1.54, 1.807) is 5.06 Å². The molecule has 3 aromatic rings. The molecule has 0 saturated carbocycles. The summed E-state index contributed by atoms with van der Waals surface area (Å²) in [7, 11) is 0. The van der Waals surface area contributed by atoms with Crippen molar-refractivity contribution < 1.29 is 23.9 Å². The second kappa shape index (κ2) is 10.4. The van der Waals surface area contributed by atoms with Gasteiger partial charge in [-0.3, -0.25) is 19.3 Å². The fourth-order valence-electron chi connectivity index (χ4n) is 4.84. The number of rotatable bonds is 9. The molecule has 0 radical (unpaired) electrons. The van der Waals surface area contributed by atoms with Crippen molar-refractivity contribution in [3.8, 4) is 11.5 Å². The van der Waals surface area contributed by atoms with Crippen LogP contribution in [0.25, 0.3) is 0 Å². The third-order valence-corrected chi connectivity index (χ3v) is 6.47. The highest BCUT2D eigenvalue weighted by molar-refractivity contribution is 6.07. The molecule has 0 N–H and O–H groups in total. The lowest BCUT2D eigenvalue weighted by Crippen LogP contribution is -2.36. The third-order valence-electron chi connectivity index (χ3n) is 6.47. The van der Waals surface area contributed by atoms with Gasteiger partial charge in [0.2, 0.25) is 5.91 Å². The molecule has 2 amide bonds. The number of amides is 2. The first-order valence-corrected chi connectivity index (χ1v) is 12.4. The summed E-state index contributed by atoms with van der Waals surface area (Å²) >= 11 is 0. The monoisotopic (exact) mass is 486 g/mol. The van der Waals surface area contributed by atoms with Crippen LogP contribution >= 0.6 is 0 Å². The maximum atomic E-state index is 13.7. The van der Waals surface area contributed by atoms with Gasteiger partial charge in [0.05, 0.1) is 31.5 Å². The van der Waals surface area contributed by atoms with Crippen molar-refractivity contribution >= 4 is 17.5 Å². The van der Waals surface area contributed by atoms with Gasteiger partial charge in [0.25, 0.3) is 5.91 Å². The van der Waals surface area contributed by atoms with E-state index in [-0.39, 0.29) is 18.4 Å². The zero-order valence-corrected chi connectivity index (χ0v) is 20.5. The van der Waals surface area contributed by atoms with E-state index >= 15 is 0 Å². The summed E-state index contributed by atoms with van der Waals surface area (Å²) in [5, 5.41) is 1.70. The Morgan fingerprint density at radius 2 is 1.56 bits per heavy atom. The highest BCUT2D eigenvalue weighted by atomic mass is 16.7. The lowest BCUT2D eigenvalue weighted by Gasteiger charge is -2.29. The highest BCUT2D eigenvalue weighted by Crippen LogP contribution is 2.48. The zero-order valence-electron chi connectivity index (χ0n) is 20.5. The van der Waals surface area contributed by atoms with Crippen molar-refractivity contribution in [3.05, 3.63) is 90.0 Å². The number of carbonyl (C=O) groups is 2. The Kier molecular flexibility index (Phi) is 6.91. The summed E-state index contributed by atoms with van der Waals surface area (Å²) in [6.45, 7) is 5.24. The maximum Gasteiger partial charge on any atom is 0.262 e. The number of carbonyl (C=O) groups excluding carboxylic acids is 2. The van der Waals surface area contributed by atoms with Crippen LogP contribution in [0.15, 0.2) is 78.9 Å². The van der Waals surface area contributed by atoms with Crippen molar-refractivity contribution in [1.82, 2.24) is 4.90 Å². The van der Waals surface area contributed by atoms with Crippen LogP contribution in [0.2, 0.25) is 0 Å². The first-order valence-electron chi connectivity index (χ1n) is 12.4. The summed E-state index contributed by atoms with van der Waals surface area (Å²) in [4.78, 5) is 34.7. The standard InChI is InChI=1S/C29H30N2O5/c1-3-17-35-23-16-15-21(18-24(23)34-4-2)26-25-27(36-31(26)22-13-9-6-10-14-22)29(33)30(28(25)32)19-20-11-7-5-8-12-20/h5-16,18,25-27H,3-4,17,19H2,1-2H3/t25-,26+,27+/m0/s1. The first kappa shape index (κ1) is 23.9. The van der Waals surface area contributed by atoms with E-state index in [1.807, 2.05) is 92.7 Å². The van der Waals surface area contributed by atoms with Crippen LogP contribution < -0.4 is 14.5 Å². The molecule has 3 aromatic carbocycles. The number of likely N-dealkylation sites (tertiary alicyclic amines) is 1. The van der Waals surface area contributed by atoms with Gasteiger partial charge in [-0.2, -0.15) is 0 Å². The Balaban J connectivity index is 1.53. The second-order valence-electron chi connectivity index (χ2n) is 8.89. The Bertz CT molecular complexity index is 1220. The molecule has 7 heteroatoms. The molecule has 0 aromatic heterocycles. The van der Waals surface area contributed by atoms with Crippen LogP contribution in [0, 0.1) is 5.92 Å². The molecule has 0 spiro atoms. The second-order valence-corrected chi connectivity index (χ2v) is 8.89. The molecule has 2 heterocycles. The van der Waals surface area contributed by atoms with Gasteiger partial charge in [0.15, 0.2) is 17.6 Å². The topological polar surface area (TPSA) is 68.3 Å². The van der Waals surface area contributed by atoms with Crippen molar-refractivity contribution in [3.63, 3.8) is 0 Å². The van der Waals surface area contributed by atoms with Gasteiger partial charge in [-0.15, -0.1) is 0 Å². The molecule has 186 valence electrons. The Labute approximate surface area is 211 Å². The molecular formula is C29H30N2O5. The van der Waals surface area contributed by atoms with Gasteiger partial charge in [0.1, 0.15) is 5.92 Å². The predicted molar refractivity (Wildman–Crippen MR) is 135 cm³/mol. The zero-order chi connectivity index (χ0) is 25.1. The maximum absolute atomic E-state index is 13.7. The quantitative estimate of drug-likeness (QED) is 0.400. The summed E-state index contributed by atoms with van der Waals surface area (Å²) in [5.74, 6) is 0.0339. The van der Waals surface area contributed by atoms with Gasteiger partial charge in [0, 0.05) is 0 Å². The van der Waals surface area contributed by atoms with E-state index < -0.39 is 18.1 Å². The van der Waals surface area contributed by atoms with Gasteiger partial charge < -0.3 is 9.47 Å². The van der Waals surface area contributed by atoms with Crippen molar-refractivity contribution in [1.29, 1.82) is 0 Å². The molecule has 2 aliphatic heterocycles. The van der Waals surface area contributed by atoms with E-state index in [1.165, 1.54) is 4.90 Å². The molecule has 7 nitrogen and oxygen atoms in total. The fraction of sp³-hybridized carbons (Fsp3) is 0.310. The summed E-state index contributed by atoms with van der Waals surface area (Å²) < 4.78 is 11.8. The number of benzene rings is 3. The number of hydrogen-bond acceptors (Lipinski definition) is 6. The van der Waals surface area contributed by atoms with Crippen LogP contribution in [-0.4, -0.2) is 36.0 Å². The minimum Gasteiger partial charge on any atom is -0.490 e. The lowest BCUT2D eigenvalue weighted by molar-refractivity contribution is -0.143. The Morgan fingerprint density at radius 1 is 0.833 bits per heavy atom. The normalized spacial score (nSPS) is 21.1. The van der Waals surface area contributed by atoms with Gasteiger partial charge in [-0.25, -0.2) is 5.06 Å². The number of para-hydroxylation sites is 1. The molecule has 2 aliphatic rings. The largest absolute Gasteiger partial charge is 0.490 e. The van der Waals surface area contributed by atoms with Crippen LogP contribution in [0.1, 0.15) is 37.4 Å². The SMILES string of the molecule is CCCOc1ccc([C@@H]2[C@@H]3C(=O)N(Cc4ccccc4)C(=O)[C@@H]3ON2c2ccccc2)cc1OCC. The molecule has 0 aliphatic carbocycles. The Morgan fingerprint density at radius 3 is 2.25 bits per heavy atom. The number of imide groups is 1. The number of anilines is 1. The van der Waals surface area contributed by atoms with E-state index in [0.717, 1.165) is 23.2 Å². The van der Waals surface area contributed by atoms with Crippen LogP contribution in [0.4, 0.5) is 5.69 Å². The minimum absolute atomic E-state index is 0.223. The van der Waals surface area contributed by atoms with Crippen LogP contribution in [-0.2, 0) is 21.0 Å². The molecule has 0 bridgehead atoms. The van der Waals surface area contributed by atoms with Crippen molar-refractivity contribution in [2.24, 2.45) is 5.92 Å². The average molecular weight is 487 g/mol. The third kappa shape index (κ3) is 4.42. The van der Waals surface area contributed by atoms with Gasteiger partial charge in [-0.05, 0) is 48.7 Å². The fourth-order valence-corrected chi connectivity index (χ4v) is 4.84. The summed E-state index contributed by atoms with van der Waals surface area (Å²) in [6, 6.07) is 24.3. The number of fused-ring (bicyclic) bond motifs is 1. The first-order chi connectivity index (χ1) is 17.6. The molecule has 5 rings (SSSR count). The van der Waals surface area contributed by atoms with E-state index in [0.29, 0.717) is 24.7 Å². The smallest absolute Gasteiger partial charge is 0.262 e. The average Bonchev–Trinajstić information content (AvgIpc) is 3.41. The molecule has 3 atom stereocenters. The molecule has 2 fully saturated rings.